The first-order valence-corrected chi connectivity index (χ1v) is 11.6. The monoisotopic (exact) mass is 443 g/mol. The molecule has 1 saturated carbocycles. The molecule has 1 atom stereocenters. The molecular weight excluding hydrogens is 412 g/mol. The van der Waals surface area contributed by atoms with E-state index in [1.54, 1.807) is 0 Å². The fourth-order valence-corrected chi connectivity index (χ4v) is 5.44. The van der Waals surface area contributed by atoms with Crippen LogP contribution in [0.4, 0.5) is 0 Å². The van der Waals surface area contributed by atoms with Crippen molar-refractivity contribution in [3.05, 3.63) is 71.5 Å². The molecule has 0 bridgehead atoms. The Bertz CT molecular complexity index is 1100. The molecule has 4 nitrogen and oxygen atoms in total. The number of Topliss-reactive ketones (excluding diaryl/α,β-unsaturated/α-hetero) is 3. The Morgan fingerprint density at radius 3 is 1.79 bits per heavy atom. The first-order chi connectivity index (χ1) is 15.5. The van der Waals surface area contributed by atoms with Gasteiger partial charge in [0.1, 0.15) is 11.6 Å². The summed E-state index contributed by atoms with van der Waals surface area (Å²) in [6.07, 6.45) is 1.02. The Morgan fingerprint density at radius 1 is 0.727 bits per heavy atom. The number of benzene rings is 2. The van der Waals surface area contributed by atoms with Gasteiger partial charge in [-0.05, 0) is 39.5 Å². The molecule has 0 radical (unpaired) electrons. The molecule has 4 rings (SSSR count). The SMILES string of the molecule is CC1(C)CC(=O)C(C(C2=C([O-])CC(C)(C)CC2=O)c2ccc(-c3ccccc3)cc2)C(=O)C1. The molecule has 2 aromatic carbocycles. The van der Waals surface area contributed by atoms with Crippen LogP contribution in [0.5, 0.6) is 0 Å². The minimum atomic E-state index is -0.982. The van der Waals surface area contributed by atoms with Crippen molar-refractivity contribution in [3.63, 3.8) is 0 Å². The zero-order valence-corrected chi connectivity index (χ0v) is 19.8. The van der Waals surface area contributed by atoms with E-state index in [1.807, 2.05) is 82.3 Å². The van der Waals surface area contributed by atoms with Gasteiger partial charge in [0.25, 0.3) is 0 Å². The summed E-state index contributed by atoms with van der Waals surface area (Å²) in [6, 6.07) is 17.5. The fourth-order valence-electron chi connectivity index (χ4n) is 5.44. The Morgan fingerprint density at radius 2 is 1.24 bits per heavy atom. The Balaban J connectivity index is 1.81. The van der Waals surface area contributed by atoms with Crippen LogP contribution in [0.15, 0.2) is 65.9 Å². The number of rotatable bonds is 4. The highest BCUT2D eigenvalue weighted by Gasteiger charge is 2.47. The maximum Gasteiger partial charge on any atom is 0.159 e. The lowest BCUT2D eigenvalue weighted by Crippen LogP contribution is -2.43. The van der Waals surface area contributed by atoms with E-state index in [0.717, 1.165) is 11.1 Å². The molecule has 0 N–H and O–H groups in total. The van der Waals surface area contributed by atoms with Crippen LogP contribution in [0.2, 0.25) is 0 Å². The van der Waals surface area contributed by atoms with E-state index in [-0.39, 0.29) is 54.4 Å². The summed E-state index contributed by atoms with van der Waals surface area (Å²) in [5.74, 6) is -2.62. The lowest BCUT2D eigenvalue weighted by molar-refractivity contribution is -0.312. The second-order valence-corrected chi connectivity index (χ2v) is 11.2. The van der Waals surface area contributed by atoms with Crippen LogP contribution < -0.4 is 5.11 Å². The van der Waals surface area contributed by atoms with Crippen molar-refractivity contribution < 1.29 is 19.5 Å². The highest BCUT2D eigenvalue weighted by Crippen LogP contribution is 2.47. The van der Waals surface area contributed by atoms with Gasteiger partial charge in [-0.2, -0.15) is 0 Å². The molecule has 0 aliphatic heterocycles. The first-order valence-electron chi connectivity index (χ1n) is 11.6. The summed E-state index contributed by atoms with van der Waals surface area (Å²) in [4.78, 5) is 39.7. The maximum atomic E-state index is 13.3. The van der Waals surface area contributed by atoms with Crippen LogP contribution in [0, 0.1) is 16.7 Å². The second-order valence-electron chi connectivity index (χ2n) is 11.2. The predicted octanol–water partition coefficient (Wildman–Crippen LogP) is 5.02. The van der Waals surface area contributed by atoms with Crippen LogP contribution in [0.3, 0.4) is 0 Å². The van der Waals surface area contributed by atoms with Gasteiger partial charge in [-0.3, -0.25) is 14.4 Å². The fraction of sp³-hybridized carbons (Fsp3) is 0.414. The Kier molecular flexibility index (Phi) is 5.90. The Labute approximate surface area is 195 Å². The molecule has 0 amide bonds. The summed E-state index contributed by atoms with van der Waals surface area (Å²) >= 11 is 0. The molecule has 0 saturated heterocycles. The topological polar surface area (TPSA) is 74.3 Å². The average Bonchev–Trinajstić information content (AvgIpc) is 2.71. The molecule has 4 heteroatoms. The number of allylic oxidation sites excluding steroid dienone is 2. The molecule has 2 aliphatic carbocycles. The lowest BCUT2D eigenvalue weighted by Gasteiger charge is -2.41. The molecule has 33 heavy (non-hydrogen) atoms. The van der Waals surface area contributed by atoms with Crippen LogP contribution in [-0.4, -0.2) is 17.3 Å². The summed E-state index contributed by atoms with van der Waals surface area (Å²) in [5.41, 5.74) is 2.03. The number of carbonyl (C=O) groups excluding carboxylic acids is 3. The largest absolute Gasteiger partial charge is 0.875 e. The van der Waals surface area contributed by atoms with Crippen molar-refractivity contribution in [2.24, 2.45) is 16.7 Å². The third-order valence-electron chi connectivity index (χ3n) is 6.90. The van der Waals surface area contributed by atoms with Gasteiger partial charge in [0, 0.05) is 25.2 Å². The van der Waals surface area contributed by atoms with Crippen molar-refractivity contribution in [2.75, 3.05) is 0 Å². The van der Waals surface area contributed by atoms with E-state index in [9.17, 15) is 19.5 Å². The van der Waals surface area contributed by atoms with Crippen molar-refractivity contribution >= 4 is 17.3 Å². The maximum absolute atomic E-state index is 13.3. The van der Waals surface area contributed by atoms with Crippen molar-refractivity contribution in [1.29, 1.82) is 0 Å². The smallest absolute Gasteiger partial charge is 0.159 e. The van der Waals surface area contributed by atoms with Crippen molar-refractivity contribution in [2.45, 2.75) is 59.3 Å². The van der Waals surface area contributed by atoms with Crippen molar-refractivity contribution in [1.82, 2.24) is 0 Å². The summed E-state index contributed by atoms with van der Waals surface area (Å²) in [6.45, 7) is 7.63. The molecule has 0 heterocycles. The van der Waals surface area contributed by atoms with Crippen LogP contribution in [0.25, 0.3) is 11.1 Å². The van der Waals surface area contributed by atoms with Gasteiger partial charge < -0.3 is 5.11 Å². The molecule has 1 fully saturated rings. The van der Waals surface area contributed by atoms with E-state index in [4.69, 9.17) is 0 Å². The zero-order valence-electron chi connectivity index (χ0n) is 19.8. The van der Waals surface area contributed by atoms with E-state index in [0.29, 0.717) is 5.56 Å². The molecule has 0 spiro atoms. The Hall–Kier alpha value is -3.01. The second kappa shape index (κ2) is 8.40. The first kappa shape index (κ1) is 23.2. The zero-order chi connectivity index (χ0) is 24.0. The predicted molar refractivity (Wildman–Crippen MR) is 126 cm³/mol. The van der Waals surface area contributed by atoms with E-state index in [2.05, 4.69) is 0 Å². The number of hydrogen-bond acceptors (Lipinski definition) is 4. The molecule has 0 aromatic heterocycles. The lowest BCUT2D eigenvalue weighted by atomic mass is 9.62. The van der Waals surface area contributed by atoms with Gasteiger partial charge >= 0.3 is 0 Å². The molecule has 2 aliphatic rings. The quantitative estimate of drug-likeness (QED) is 0.622. The van der Waals surface area contributed by atoms with Gasteiger partial charge in [0.2, 0.25) is 0 Å². The highest BCUT2D eigenvalue weighted by atomic mass is 16.3. The van der Waals surface area contributed by atoms with E-state index < -0.39 is 22.7 Å². The van der Waals surface area contributed by atoms with Gasteiger partial charge in [-0.1, -0.05) is 82.3 Å². The van der Waals surface area contributed by atoms with Gasteiger partial charge in [-0.15, -0.1) is 5.76 Å². The van der Waals surface area contributed by atoms with Crippen LogP contribution in [0.1, 0.15) is 64.9 Å². The summed E-state index contributed by atoms with van der Waals surface area (Å²) < 4.78 is 0. The van der Waals surface area contributed by atoms with E-state index in [1.165, 1.54) is 0 Å². The van der Waals surface area contributed by atoms with E-state index >= 15 is 0 Å². The van der Waals surface area contributed by atoms with Gasteiger partial charge in [-0.25, -0.2) is 0 Å². The third-order valence-corrected chi connectivity index (χ3v) is 6.90. The summed E-state index contributed by atoms with van der Waals surface area (Å²) in [5, 5.41) is 13.2. The molecule has 2 aromatic rings. The summed E-state index contributed by atoms with van der Waals surface area (Å²) in [7, 11) is 0. The number of ketones is 3. The highest BCUT2D eigenvalue weighted by molar-refractivity contribution is 6.09. The number of carbonyl (C=O) groups is 3. The van der Waals surface area contributed by atoms with Crippen LogP contribution in [-0.2, 0) is 14.4 Å². The minimum absolute atomic E-state index is 0.133. The van der Waals surface area contributed by atoms with Crippen LogP contribution >= 0.6 is 0 Å². The molecule has 172 valence electrons. The van der Waals surface area contributed by atoms with Gasteiger partial charge in [0.15, 0.2) is 5.78 Å². The number of hydrogen-bond donors (Lipinski definition) is 0. The molecule has 1 unspecified atom stereocenters. The van der Waals surface area contributed by atoms with Crippen molar-refractivity contribution in [3.8, 4) is 11.1 Å². The average molecular weight is 444 g/mol. The third kappa shape index (κ3) is 4.71. The minimum Gasteiger partial charge on any atom is -0.875 e. The normalized spacial score (nSPS) is 21.9. The molecular formula is C29H31O4-. The standard InChI is InChI=1S/C29H32O4/c1-28(2)14-21(30)26(22(31)15-28)25(27-23(32)16-29(3,4)17-24(27)33)20-12-10-19(11-13-20)18-8-6-5-7-9-18/h5-13,25-26,32H,14-17H2,1-4H3/p-1. The van der Waals surface area contributed by atoms with Gasteiger partial charge in [0.05, 0.1) is 5.92 Å².